The number of alkyl carbamates (subject to hydrolysis) is 1. The number of rotatable bonds is 8. The van der Waals surface area contributed by atoms with Gasteiger partial charge >= 0.3 is 6.09 Å². The van der Waals surface area contributed by atoms with E-state index in [1.54, 1.807) is 6.08 Å². The third kappa shape index (κ3) is 6.18. The molecule has 0 aliphatic carbocycles. The average molecular weight is 390 g/mol. The highest BCUT2D eigenvalue weighted by atomic mass is 79.9. The van der Waals surface area contributed by atoms with Crippen molar-refractivity contribution in [2.24, 2.45) is 0 Å². The lowest BCUT2D eigenvalue weighted by Gasteiger charge is -2.19. The van der Waals surface area contributed by atoms with Crippen LogP contribution in [0.15, 0.2) is 71.7 Å². The molecule has 0 spiro atoms. The fraction of sp³-hybridized carbons (Fsp3) is 0.211. The number of halogens is 1. The maximum atomic E-state index is 12.1. The summed E-state index contributed by atoms with van der Waals surface area (Å²) in [5, 5.41) is 2.85. The SMILES string of the molecule is C=CCOCC(NC(=O)OCc1ccccc1)c1ccc(Br)cc1. The summed E-state index contributed by atoms with van der Waals surface area (Å²) in [6, 6.07) is 17.0. The van der Waals surface area contributed by atoms with Gasteiger partial charge in [0.1, 0.15) is 6.61 Å². The first kappa shape index (κ1) is 18.2. The zero-order valence-electron chi connectivity index (χ0n) is 13.3. The number of ether oxygens (including phenoxy) is 2. The molecule has 0 radical (unpaired) electrons. The standard InChI is InChI=1S/C19H20BrNO3/c1-2-12-23-14-18(16-8-10-17(20)11-9-16)21-19(22)24-13-15-6-4-3-5-7-15/h2-11,18H,1,12-14H2,(H,21,22). The van der Waals surface area contributed by atoms with Gasteiger partial charge in [-0.25, -0.2) is 4.79 Å². The van der Waals surface area contributed by atoms with Gasteiger partial charge in [-0.15, -0.1) is 6.58 Å². The molecule has 5 heteroatoms. The van der Waals surface area contributed by atoms with Gasteiger partial charge in [-0.2, -0.15) is 0 Å². The van der Waals surface area contributed by atoms with Gasteiger partial charge in [0, 0.05) is 4.47 Å². The van der Waals surface area contributed by atoms with Gasteiger partial charge in [-0.3, -0.25) is 0 Å². The monoisotopic (exact) mass is 389 g/mol. The summed E-state index contributed by atoms with van der Waals surface area (Å²) < 4.78 is 11.7. The highest BCUT2D eigenvalue weighted by Gasteiger charge is 2.16. The van der Waals surface area contributed by atoms with Crippen LogP contribution in [0.2, 0.25) is 0 Å². The van der Waals surface area contributed by atoms with Gasteiger partial charge in [0.15, 0.2) is 0 Å². The van der Waals surface area contributed by atoms with E-state index in [2.05, 4.69) is 27.8 Å². The molecule has 2 aromatic rings. The minimum atomic E-state index is -0.478. The second-order valence-electron chi connectivity index (χ2n) is 5.14. The van der Waals surface area contributed by atoms with Crippen LogP contribution in [0, 0.1) is 0 Å². The van der Waals surface area contributed by atoms with E-state index in [4.69, 9.17) is 9.47 Å². The highest BCUT2D eigenvalue weighted by Crippen LogP contribution is 2.18. The number of benzene rings is 2. The second-order valence-corrected chi connectivity index (χ2v) is 6.05. The number of carbonyl (C=O) groups is 1. The summed E-state index contributed by atoms with van der Waals surface area (Å²) in [4.78, 5) is 12.1. The van der Waals surface area contributed by atoms with Crippen LogP contribution < -0.4 is 5.32 Å². The number of nitrogens with one attached hydrogen (secondary N) is 1. The molecule has 0 aromatic heterocycles. The molecule has 0 saturated heterocycles. The lowest BCUT2D eigenvalue weighted by molar-refractivity contribution is 0.111. The van der Waals surface area contributed by atoms with Crippen LogP contribution in [0.4, 0.5) is 4.79 Å². The first-order chi connectivity index (χ1) is 11.7. The maximum Gasteiger partial charge on any atom is 0.408 e. The van der Waals surface area contributed by atoms with Crippen molar-refractivity contribution >= 4 is 22.0 Å². The molecular weight excluding hydrogens is 370 g/mol. The van der Waals surface area contributed by atoms with Crippen molar-refractivity contribution in [3.8, 4) is 0 Å². The fourth-order valence-electron chi connectivity index (χ4n) is 2.09. The number of amides is 1. The first-order valence-corrected chi connectivity index (χ1v) is 8.39. The summed E-state index contributed by atoms with van der Waals surface area (Å²) in [5.74, 6) is 0. The smallest absolute Gasteiger partial charge is 0.408 e. The molecule has 0 bridgehead atoms. The summed E-state index contributed by atoms with van der Waals surface area (Å²) in [7, 11) is 0. The molecule has 0 aliphatic rings. The Morgan fingerprint density at radius 1 is 1.17 bits per heavy atom. The quantitative estimate of drug-likeness (QED) is 0.529. The van der Waals surface area contributed by atoms with Gasteiger partial charge in [0.25, 0.3) is 0 Å². The van der Waals surface area contributed by atoms with E-state index in [-0.39, 0.29) is 12.6 Å². The molecule has 1 amide bonds. The maximum absolute atomic E-state index is 12.1. The van der Waals surface area contributed by atoms with Crippen LogP contribution >= 0.6 is 15.9 Å². The third-order valence-electron chi connectivity index (χ3n) is 3.30. The minimum absolute atomic E-state index is 0.229. The van der Waals surface area contributed by atoms with Gasteiger partial charge in [-0.1, -0.05) is 64.5 Å². The van der Waals surface area contributed by atoms with Crippen molar-refractivity contribution in [1.29, 1.82) is 0 Å². The van der Waals surface area contributed by atoms with E-state index in [0.717, 1.165) is 15.6 Å². The topological polar surface area (TPSA) is 47.6 Å². The molecule has 24 heavy (non-hydrogen) atoms. The van der Waals surface area contributed by atoms with E-state index >= 15 is 0 Å². The number of carbonyl (C=O) groups excluding carboxylic acids is 1. The molecular formula is C19H20BrNO3. The molecule has 126 valence electrons. The summed E-state index contributed by atoms with van der Waals surface area (Å²) in [6.07, 6.45) is 1.20. The molecule has 2 rings (SSSR count). The normalized spacial score (nSPS) is 11.5. The zero-order chi connectivity index (χ0) is 17.2. The molecule has 0 saturated carbocycles. The molecule has 1 atom stereocenters. The van der Waals surface area contributed by atoms with Crippen LogP contribution in [-0.2, 0) is 16.1 Å². The predicted octanol–water partition coefficient (Wildman–Crippen LogP) is 4.62. The van der Waals surface area contributed by atoms with Gasteiger partial charge < -0.3 is 14.8 Å². The Labute approximate surface area is 150 Å². The first-order valence-electron chi connectivity index (χ1n) is 7.60. The van der Waals surface area contributed by atoms with Crippen LogP contribution in [0.25, 0.3) is 0 Å². The van der Waals surface area contributed by atoms with Crippen molar-refractivity contribution in [2.75, 3.05) is 13.2 Å². The zero-order valence-corrected chi connectivity index (χ0v) is 14.9. The highest BCUT2D eigenvalue weighted by molar-refractivity contribution is 9.10. The molecule has 0 aliphatic heterocycles. The fourth-order valence-corrected chi connectivity index (χ4v) is 2.36. The van der Waals surface area contributed by atoms with Crippen molar-refractivity contribution in [3.05, 3.63) is 82.9 Å². The van der Waals surface area contributed by atoms with Crippen molar-refractivity contribution in [2.45, 2.75) is 12.6 Å². The molecule has 1 N–H and O–H groups in total. The van der Waals surface area contributed by atoms with Crippen LogP contribution in [0.1, 0.15) is 17.2 Å². The van der Waals surface area contributed by atoms with Crippen LogP contribution in [0.5, 0.6) is 0 Å². The van der Waals surface area contributed by atoms with Gasteiger partial charge in [0.2, 0.25) is 0 Å². The average Bonchev–Trinajstić information content (AvgIpc) is 2.61. The summed E-state index contributed by atoms with van der Waals surface area (Å²) in [6.45, 7) is 4.62. The lowest BCUT2D eigenvalue weighted by Crippen LogP contribution is -2.32. The number of hydrogen-bond acceptors (Lipinski definition) is 3. The Morgan fingerprint density at radius 3 is 2.54 bits per heavy atom. The second kappa shape index (κ2) is 9.90. The Hall–Kier alpha value is -2.11. The third-order valence-corrected chi connectivity index (χ3v) is 3.83. The summed E-state index contributed by atoms with van der Waals surface area (Å²) in [5.41, 5.74) is 1.88. The minimum Gasteiger partial charge on any atom is -0.445 e. The Bertz CT molecular complexity index is 643. The van der Waals surface area contributed by atoms with Crippen molar-refractivity contribution in [3.63, 3.8) is 0 Å². The molecule has 4 nitrogen and oxygen atoms in total. The van der Waals surface area contributed by atoms with E-state index in [9.17, 15) is 4.79 Å². The van der Waals surface area contributed by atoms with Crippen LogP contribution in [-0.4, -0.2) is 19.3 Å². The lowest BCUT2D eigenvalue weighted by atomic mass is 10.1. The predicted molar refractivity (Wildman–Crippen MR) is 97.7 cm³/mol. The number of hydrogen-bond donors (Lipinski definition) is 1. The molecule has 0 heterocycles. The molecule has 2 aromatic carbocycles. The van der Waals surface area contributed by atoms with E-state index in [1.807, 2.05) is 54.6 Å². The van der Waals surface area contributed by atoms with Crippen molar-refractivity contribution < 1.29 is 14.3 Å². The Morgan fingerprint density at radius 2 is 1.88 bits per heavy atom. The van der Waals surface area contributed by atoms with Gasteiger partial charge in [0.05, 0.1) is 19.3 Å². The van der Waals surface area contributed by atoms with Crippen LogP contribution in [0.3, 0.4) is 0 Å². The Kier molecular flexibility index (Phi) is 7.52. The van der Waals surface area contributed by atoms with E-state index < -0.39 is 6.09 Å². The molecule has 0 fully saturated rings. The molecule has 1 unspecified atom stereocenters. The van der Waals surface area contributed by atoms with E-state index in [0.29, 0.717) is 13.2 Å². The Balaban J connectivity index is 1.94. The van der Waals surface area contributed by atoms with E-state index in [1.165, 1.54) is 0 Å². The largest absolute Gasteiger partial charge is 0.445 e. The van der Waals surface area contributed by atoms with Gasteiger partial charge in [-0.05, 0) is 23.3 Å². The van der Waals surface area contributed by atoms with Crippen molar-refractivity contribution in [1.82, 2.24) is 5.32 Å². The summed E-state index contributed by atoms with van der Waals surface area (Å²) >= 11 is 3.40.